The van der Waals surface area contributed by atoms with Gasteiger partial charge in [-0.05, 0) is 43.7 Å². The molecule has 0 aliphatic heterocycles. The number of nitrogens with one attached hydrogen (secondary N) is 1. The van der Waals surface area contributed by atoms with Crippen LogP contribution in [0.15, 0.2) is 24.3 Å². The van der Waals surface area contributed by atoms with E-state index in [1.807, 2.05) is 24.8 Å². The van der Waals surface area contributed by atoms with Crippen molar-refractivity contribution in [1.82, 2.24) is 10.2 Å². The summed E-state index contributed by atoms with van der Waals surface area (Å²) in [5.74, 6) is 0.124. The lowest BCUT2D eigenvalue weighted by Crippen LogP contribution is -2.43. The minimum Gasteiger partial charge on any atom is -0.349 e. The predicted octanol–water partition coefficient (Wildman–Crippen LogP) is 3.85. The Morgan fingerprint density at radius 3 is 2.64 bits per heavy atom. The molecule has 0 saturated heterocycles. The third-order valence-corrected chi connectivity index (χ3v) is 5.18. The minimum atomic E-state index is -0.0396. The second-order valence-electron chi connectivity index (χ2n) is 7.40. The quantitative estimate of drug-likeness (QED) is 0.817. The largest absolute Gasteiger partial charge is 0.349 e. The first kappa shape index (κ1) is 19.5. The van der Waals surface area contributed by atoms with E-state index in [0.29, 0.717) is 13.0 Å². The number of nitrogens with zero attached hydrogens (tertiary/aromatic N) is 1. The SMILES string of the molecule is CCC(C)N(CCC(=O)NC1CCCc2ccccc21)C(=O)C(C)C. The first-order valence-corrected chi connectivity index (χ1v) is 9.61. The molecule has 0 radical (unpaired) electrons. The number of amides is 2. The van der Waals surface area contributed by atoms with Crippen LogP contribution < -0.4 is 5.32 Å². The Hall–Kier alpha value is -1.84. The zero-order valence-corrected chi connectivity index (χ0v) is 16.0. The normalized spacial score (nSPS) is 17.7. The van der Waals surface area contributed by atoms with Crippen LogP contribution in [0.3, 0.4) is 0 Å². The molecule has 1 aliphatic carbocycles. The van der Waals surface area contributed by atoms with Crippen molar-refractivity contribution in [2.75, 3.05) is 6.54 Å². The molecule has 1 aliphatic rings. The molecular formula is C21H32N2O2. The zero-order chi connectivity index (χ0) is 18.4. The van der Waals surface area contributed by atoms with E-state index in [2.05, 4.69) is 37.4 Å². The van der Waals surface area contributed by atoms with E-state index < -0.39 is 0 Å². The number of hydrogen-bond donors (Lipinski definition) is 1. The van der Waals surface area contributed by atoms with Crippen molar-refractivity contribution in [1.29, 1.82) is 0 Å². The molecule has 1 N–H and O–H groups in total. The molecule has 0 heterocycles. The fourth-order valence-corrected chi connectivity index (χ4v) is 3.49. The summed E-state index contributed by atoms with van der Waals surface area (Å²) in [7, 11) is 0. The van der Waals surface area contributed by atoms with Gasteiger partial charge in [-0.25, -0.2) is 0 Å². The number of rotatable bonds is 7. The summed E-state index contributed by atoms with van der Waals surface area (Å²) in [6.45, 7) is 8.44. The average molecular weight is 344 g/mol. The van der Waals surface area contributed by atoms with Gasteiger partial charge in [0.15, 0.2) is 0 Å². The molecule has 138 valence electrons. The maximum atomic E-state index is 12.5. The summed E-state index contributed by atoms with van der Waals surface area (Å²) in [5.41, 5.74) is 2.59. The summed E-state index contributed by atoms with van der Waals surface area (Å²) in [4.78, 5) is 26.7. The monoisotopic (exact) mass is 344 g/mol. The molecule has 0 saturated carbocycles. The summed E-state index contributed by atoms with van der Waals surface area (Å²) in [6, 6.07) is 8.64. The first-order chi connectivity index (χ1) is 11.9. The van der Waals surface area contributed by atoms with Crippen molar-refractivity contribution in [3.8, 4) is 0 Å². The second kappa shape index (κ2) is 9.02. The van der Waals surface area contributed by atoms with Gasteiger partial charge in [-0.3, -0.25) is 9.59 Å². The van der Waals surface area contributed by atoms with Crippen molar-refractivity contribution in [3.63, 3.8) is 0 Å². The van der Waals surface area contributed by atoms with Gasteiger partial charge in [-0.2, -0.15) is 0 Å². The second-order valence-corrected chi connectivity index (χ2v) is 7.40. The Bertz CT molecular complexity index is 597. The molecule has 0 aromatic heterocycles. The highest BCUT2D eigenvalue weighted by Gasteiger charge is 2.24. The highest BCUT2D eigenvalue weighted by molar-refractivity contribution is 5.80. The van der Waals surface area contributed by atoms with Crippen LogP contribution in [0.5, 0.6) is 0 Å². The Morgan fingerprint density at radius 1 is 1.24 bits per heavy atom. The molecule has 4 heteroatoms. The molecule has 2 amide bonds. The lowest BCUT2D eigenvalue weighted by atomic mass is 9.87. The van der Waals surface area contributed by atoms with Gasteiger partial charge in [-0.15, -0.1) is 0 Å². The number of hydrogen-bond acceptors (Lipinski definition) is 2. The van der Waals surface area contributed by atoms with Crippen LogP contribution in [0.25, 0.3) is 0 Å². The molecule has 0 bridgehead atoms. The summed E-state index contributed by atoms with van der Waals surface area (Å²) in [5, 5.41) is 3.18. The molecule has 4 nitrogen and oxygen atoms in total. The molecule has 0 spiro atoms. The molecule has 2 unspecified atom stereocenters. The van der Waals surface area contributed by atoms with E-state index in [1.54, 1.807) is 0 Å². The highest BCUT2D eigenvalue weighted by atomic mass is 16.2. The lowest BCUT2D eigenvalue weighted by molar-refractivity contribution is -0.137. The maximum absolute atomic E-state index is 12.5. The van der Waals surface area contributed by atoms with Gasteiger partial charge in [0.1, 0.15) is 0 Å². The Labute approximate surface area is 152 Å². The van der Waals surface area contributed by atoms with E-state index in [-0.39, 0.29) is 29.8 Å². The average Bonchev–Trinajstić information content (AvgIpc) is 2.61. The molecule has 0 fully saturated rings. The molecule has 1 aromatic carbocycles. The topological polar surface area (TPSA) is 49.4 Å². The van der Waals surface area contributed by atoms with Gasteiger partial charge in [0, 0.05) is 24.9 Å². The fourth-order valence-electron chi connectivity index (χ4n) is 3.49. The Morgan fingerprint density at radius 2 is 1.96 bits per heavy atom. The summed E-state index contributed by atoms with van der Waals surface area (Å²) in [6.07, 6.45) is 4.44. The van der Waals surface area contributed by atoms with E-state index in [1.165, 1.54) is 11.1 Å². The minimum absolute atomic E-state index is 0.0339. The smallest absolute Gasteiger partial charge is 0.225 e. The van der Waals surface area contributed by atoms with Crippen LogP contribution in [0.2, 0.25) is 0 Å². The van der Waals surface area contributed by atoms with Gasteiger partial charge in [-0.1, -0.05) is 45.0 Å². The van der Waals surface area contributed by atoms with Crippen LogP contribution in [0, 0.1) is 5.92 Å². The maximum Gasteiger partial charge on any atom is 0.225 e. The van der Waals surface area contributed by atoms with Crippen molar-refractivity contribution in [2.45, 2.75) is 71.9 Å². The number of fused-ring (bicyclic) bond motifs is 1. The molecule has 2 rings (SSSR count). The van der Waals surface area contributed by atoms with Gasteiger partial charge in [0.05, 0.1) is 6.04 Å². The van der Waals surface area contributed by atoms with Gasteiger partial charge in [0.2, 0.25) is 11.8 Å². The number of benzene rings is 1. The standard InChI is InChI=1S/C21H32N2O2/c1-5-16(4)23(21(25)15(2)3)14-13-20(24)22-19-12-8-10-17-9-6-7-11-18(17)19/h6-7,9,11,15-16,19H,5,8,10,12-14H2,1-4H3,(H,22,24). The Balaban J connectivity index is 1.95. The number of carbonyl (C=O) groups excluding carboxylic acids is 2. The first-order valence-electron chi connectivity index (χ1n) is 9.61. The Kier molecular flexibility index (Phi) is 7.03. The lowest BCUT2D eigenvalue weighted by Gasteiger charge is -2.31. The third kappa shape index (κ3) is 5.07. The van der Waals surface area contributed by atoms with Crippen molar-refractivity contribution < 1.29 is 9.59 Å². The van der Waals surface area contributed by atoms with Gasteiger partial charge >= 0.3 is 0 Å². The van der Waals surface area contributed by atoms with Crippen LogP contribution in [0.4, 0.5) is 0 Å². The number of aryl methyl sites for hydroxylation is 1. The van der Waals surface area contributed by atoms with E-state index in [9.17, 15) is 9.59 Å². The van der Waals surface area contributed by atoms with Gasteiger partial charge < -0.3 is 10.2 Å². The van der Waals surface area contributed by atoms with Crippen molar-refractivity contribution in [2.24, 2.45) is 5.92 Å². The van der Waals surface area contributed by atoms with Gasteiger partial charge in [0.25, 0.3) is 0 Å². The summed E-state index contributed by atoms with van der Waals surface area (Å²) < 4.78 is 0. The van der Waals surface area contributed by atoms with Crippen molar-refractivity contribution >= 4 is 11.8 Å². The van der Waals surface area contributed by atoms with Crippen LogP contribution in [-0.4, -0.2) is 29.3 Å². The van der Waals surface area contributed by atoms with E-state index in [4.69, 9.17) is 0 Å². The highest BCUT2D eigenvalue weighted by Crippen LogP contribution is 2.29. The predicted molar refractivity (Wildman–Crippen MR) is 101 cm³/mol. The van der Waals surface area contributed by atoms with Crippen LogP contribution >= 0.6 is 0 Å². The zero-order valence-electron chi connectivity index (χ0n) is 16.0. The molecule has 1 aromatic rings. The molecule has 25 heavy (non-hydrogen) atoms. The van der Waals surface area contributed by atoms with Crippen LogP contribution in [-0.2, 0) is 16.0 Å². The third-order valence-electron chi connectivity index (χ3n) is 5.18. The fraction of sp³-hybridized carbons (Fsp3) is 0.619. The van der Waals surface area contributed by atoms with Crippen LogP contribution in [0.1, 0.15) is 70.5 Å². The summed E-state index contributed by atoms with van der Waals surface area (Å²) >= 11 is 0. The number of carbonyl (C=O) groups is 2. The van der Waals surface area contributed by atoms with E-state index in [0.717, 1.165) is 25.7 Å². The molecule has 2 atom stereocenters. The van der Waals surface area contributed by atoms with E-state index >= 15 is 0 Å². The molecular weight excluding hydrogens is 312 g/mol. The van der Waals surface area contributed by atoms with Crippen molar-refractivity contribution in [3.05, 3.63) is 35.4 Å².